The van der Waals surface area contributed by atoms with Gasteiger partial charge in [0, 0.05) is 0 Å². The minimum atomic E-state index is -0.571. The Morgan fingerprint density at radius 3 is 2.53 bits per heavy atom. The Labute approximate surface area is 104 Å². The van der Waals surface area contributed by atoms with Gasteiger partial charge < -0.3 is 22.1 Å². The molecule has 0 saturated heterocycles. The van der Waals surface area contributed by atoms with E-state index in [2.05, 4.69) is 10.6 Å². The summed E-state index contributed by atoms with van der Waals surface area (Å²) >= 11 is 5.01. The molecule has 1 aromatic carbocycles. The fourth-order valence-corrected chi connectivity index (χ4v) is 1.98. The van der Waals surface area contributed by atoms with Crippen LogP contribution in [-0.2, 0) is 4.79 Å². The van der Waals surface area contributed by atoms with Gasteiger partial charge in [0.2, 0.25) is 0 Å². The SMILES string of the molecule is NC(=O)C1=C(N)NC(=S)N[C@@H]1c1ccccc1. The van der Waals surface area contributed by atoms with Gasteiger partial charge in [-0.05, 0) is 17.8 Å². The third kappa shape index (κ3) is 2.21. The molecular formula is C11H12N4OS. The van der Waals surface area contributed by atoms with Crippen LogP contribution in [0.2, 0.25) is 0 Å². The number of thiocarbonyl (C=S) groups is 1. The van der Waals surface area contributed by atoms with Gasteiger partial charge in [-0.15, -0.1) is 0 Å². The summed E-state index contributed by atoms with van der Waals surface area (Å²) in [5.41, 5.74) is 12.2. The van der Waals surface area contributed by atoms with Crippen LogP contribution in [0.4, 0.5) is 0 Å². The number of amides is 1. The zero-order valence-corrected chi connectivity index (χ0v) is 9.75. The largest absolute Gasteiger partial charge is 0.385 e. The first-order chi connectivity index (χ1) is 8.09. The van der Waals surface area contributed by atoms with E-state index in [1.807, 2.05) is 30.3 Å². The van der Waals surface area contributed by atoms with E-state index in [0.717, 1.165) is 5.56 Å². The second-order valence-electron chi connectivity index (χ2n) is 3.63. The number of hydrogen-bond acceptors (Lipinski definition) is 3. The average Bonchev–Trinajstić information content (AvgIpc) is 2.28. The standard InChI is InChI=1S/C11H12N4OS/c12-9-7(10(13)16)8(14-11(17)15-9)6-4-2-1-3-5-6/h1-5,8H,12H2,(H2,13,16)(H2,14,15,17)/t8-/m1/s1. The minimum absolute atomic E-state index is 0.204. The fourth-order valence-electron chi connectivity index (χ4n) is 1.75. The first-order valence-electron chi connectivity index (χ1n) is 5.01. The predicted molar refractivity (Wildman–Crippen MR) is 68.5 cm³/mol. The number of nitrogens with one attached hydrogen (secondary N) is 2. The van der Waals surface area contributed by atoms with Crippen molar-refractivity contribution >= 4 is 23.2 Å². The summed E-state index contributed by atoms with van der Waals surface area (Å²) in [6.07, 6.45) is 0. The summed E-state index contributed by atoms with van der Waals surface area (Å²) in [7, 11) is 0. The second kappa shape index (κ2) is 4.42. The summed E-state index contributed by atoms with van der Waals surface area (Å²) < 4.78 is 0. The maximum atomic E-state index is 11.4. The highest BCUT2D eigenvalue weighted by Crippen LogP contribution is 2.24. The molecule has 0 bridgehead atoms. The van der Waals surface area contributed by atoms with Crippen LogP contribution < -0.4 is 22.1 Å². The lowest BCUT2D eigenvalue weighted by molar-refractivity contribution is -0.115. The normalized spacial score (nSPS) is 19.5. The highest BCUT2D eigenvalue weighted by molar-refractivity contribution is 7.80. The number of primary amides is 1. The monoisotopic (exact) mass is 248 g/mol. The van der Waals surface area contributed by atoms with Gasteiger partial charge in [0.15, 0.2) is 5.11 Å². The van der Waals surface area contributed by atoms with E-state index in [-0.39, 0.29) is 5.82 Å². The number of carbonyl (C=O) groups is 1. The smallest absolute Gasteiger partial charge is 0.250 e. The molecule has 1 aliphatic rings. The molecule has 0 aromatic heterocycles. The Balaban J connectivity index is 2.47. The number of carbonyl (C=O) groups excluding carboxylic acids is 1. The van der Waals surface area contributed by atoms with E-state index in [1.54, 1.807) is 0 Å². The Kier molecular flexibility index (Phi) is 2.97. The van der Waals surface area contributed by atoms with Gasteiger partial charge in [0.25, 0.3) is 5.91 Å². The molecule has 0 spiro atoms. The van der Waals surface area contributed by atoms with Crippen molar-refractivity contribution in [2.75, 3.05) is 0 Å². The van der Waals surface area contributed by atoms with E-state index >= 15 is 0 Å². The molecule has 2 rings (SSSR count). The van der Waals surface area contributed by atoms with Crippen molar-refractivity contribution in [3.05, 3.63) is 47.3 Å². The maximum Gasteiger partial charge on any atom is 0.250 e. The van der Waals surface area contributed by atoms with E-state index < -0.39 is 11.9 Å². The number of benzene rings is 1. The Bertz CT molecular complexity index is 497. The molecule has 0 unspecified atom stereocenters. The quantitative estimate of drug-likeness (QED) is 0.547. The molecule has 1 amide bonds. The molecule has 0 fully saturated rings. The zero-order valence-electron chi connectivity index (χ0n) is 8.94. The number of nitrogens with two attached hydrogens (primary N) is 2. The topological polar surface area (TPSA) is 93.2 Å². The van der Waals surface area contributed by atoms with Crippen LogP contribution in [0.3, 0.4) is 0 Å². The van der Waals surface area contributed by atoms with Gasteiger partial charge in [-0.1, -0.05) is 30.3 Å². The Morgan fingerprint density at radius 2 is 1.94 bits per heavy atom. The van der Waals surface area contributed by atoms with Crippen LogP contribution in [0.15, 0.2) is 41.7 Å². The van der Waals surface area contributed by atoms with Crippen molar-refractivity contribution in [1.29, 1.82) is 0 Å². The third-order valence-electron chi connectivity index (χ3n) is 2.50. The fraction of sp³-hybridized carbons (Fsp3) is 0.0909. The molecule has 6 heteroatoms. The van der Waals surface area contributed by atoms with Gasteiger partial charge in [0.05, 0.1) is 11.6 Å². The first-order valence-corrected chi connectivity index (χ1v) is 5.42. The van der Waals surface area contributed by atoms with Crippen molar-refractivity contribution in [3.8, 4) is 0 Å². The van der Waals surface area contributed by atoms with Crippen LogP contribution in [0.25, 0.3) is 0 Å². The molecule has 5 nitrogen and oxygen atoms in total. The van der Waals surface area contributed by atoms with Crippen LogP contribution in [0, 0.1) is 0 Å². The van der Waals surface area contributed by atoms with Crippen LogP contribution in [0.5, 0.6) is 0 Å². The zero-order chi connectivity index (χ0) is 12.4. The van der Waals surface area contributed by atoms with E-state index in [4.69, 9.17) is 23.7 Å². The summed E-state index contributed by atoms with van der Waals surface area (Å²) in [4.78, 5) is 11.4. The van der Waals surface area contributed by atoms with Crippen LogP contribution in [0.1, 0.15) is 11.6 Å². The van der Waals surface area contributed by atoms with Crippen molar-refractivity contribution in [1.82, 2.24) is 10.6 Å². The highest BCUT2D eigenvalue weighted by atomic mass is 32.1. The minimum Gasteiger partial charge on any atom is -0.385 e. The van der Waals surface area contributed by atoms with Crippen LogP contribution in [-0.4, -0.2) is 11.0 Å². The van der Waals surface area contributed by atoms with Crippen molar-refractivity contribution < 1.29 is 4.79 Å². The van der Waals surface area contributed by atoms with Gasteiger partial charge in [0.1, 0.15) is 5.82 Å². The molecule has 0 aliphatic carbocycles. The lowest BCUT2D eigenvalue weighted by atomic mass is 9.97. The Hall–Kier alpha value is -2.08. The molecule has 0 saturated carbocycles. The van der Waals surface area contributed by atoms with Crippen molar-refractivity contribution in [2.45, 2.75) is 6.04 Å². The first kappa shape index (κ1) is 11.4. The summed E-state index contributed by atoms with van der Waals surface area (Å²) in [5, 5.41) is 6.04. The lowest BCUT2D eigenvalue weighted by Gasteiger charge is -2.28. The van der Waals surface area contributed by atoms with Gasteiger partial charge in [-0.25, -0.2) is 0 Å². The Morgan fingerprint density at radius 1 is 1.29 bits per heavy atom. The molecule has 6 N–H and O–H groups in total. The number of hydrogen-bond donors (Lipinski definition) is 4. The van der Waals surface area contributed by atoms with Crippen molar-refractivity contribution in [3.63, 3.8) is 0 Å². The molecular weight excluding hydrogens is 236 g/mol. The molecule has 17 heavy (non-hydrogen) atoms. The molecule has 0 radical (unpaired) electrons. The lowest BCUT2D eigenvalue weighted by Crippen LogP contribution is -2.48. The third-order valence-corrected chi connectivity index (χ3v) is 2.72. The molecule has 1 atom stereocenters. The average molecular weight is 248 g/mol. The van der Waals surface area contributed by atoms with E-state index in [1.165, 1.54) is 0 Å². The van der Waals surface area contributed by atoms with E-state index in [9.17, 15) is 4.79 Å². The predicted octanol–water partition coefficient (Wildman–Crippen LogP) is -0.139. The second-order valence-corrected chi connectivity index (χ2v) is 4.04. The number of rotatable bonds is 2. The highest BCUT2D eigenvalue weighted by Gasteiger charge is 2.28. The molecule has 88 valence electrons. The van der Waals surface area contributed by atoms with Gasteiger partial charge in [-0.3, -0.25) is 4.79 Å². The summed E-state index contributed by atoms with van der Waals surface area (Å²) in [6.45, 7) is 0. The molecule has 1 heterocycles. The molecule has 1 aromatic rings. The summed E-state index contributed by atoms with van der Waals surface area (Å²) in [6, 6.07) is 8.99. The van der Waals surface area contributed by atoms with Gasteiger partial charge >= 0.3 is 0 Å². The van der Waals surface area contributed by atoms with Gasteiger partial charge in [-0.2, -0.15) is 0 Å². The van der Waals surface area contributed by atoms with Crippen LogP contribution >= 0.6 is 12.2 Å². The maximum absolute atomic E-state index is 11.4. The summed E-state index contributed by atoms with van der Waals surface area (Å²) in [5.74, 6) is -0.367. The van der Waals surface area contributed by atoms with Crippen molar-refractivity contribution in [2.24, 2.45) is 11.5 Å². The van der Waals surface area contributed by atoms with E-state index in [0.29, 0.717) is 10.7 Å². The molecule has 1 aliphatic heterocycles.